The summed E-state index contributed by atoms with van der Waals surface area (Å²) in [6, 6.07) is 5.64. The minimum Gasteiger partial charge on any atom is -0.495 e. The fraction of sp³-hybridized carbons (Fsp3) is 0.429. The monoisotopic (exact) mass is 247 g/mol. The quantitative estimate of drug-likeness (QED) is 0.749. The van der Waals surface area contributed by atoms with E-state index in [-0.39, 0.29) is 12.4 Å². The molecule has 0 radical (unpaired) electrons. The normalized spacial score (nSPS) is 9.67. The van der Waals surface area contributed by atoms with Gasteiger partial charge in [-0.25, -0.2) is 0 Å². The van der Waals surface area contributed by atoms with Crippen LogP contribution in [0, 0.1) is 11.3 Å². The molecule has 4 nitrogen and oxygen atoms in total. The summed E-state index contributed by atoms with van der Waals surface area (Å²) in [6.45, 7) is 4.11. The first kappa shape index (κ1) is 14.0. The van der Waals surface area contributed by atoms with Gasteiger partial charge in [0.05, 0.1) is 25.7 Å². The van der Waals surface area contributed by atoms with Gasteiger partial charge >= 0.3 is 5.97 Å². The highest BCUT2D eigenvalue weighted by Gasteiger charge is 2.16. The largest absolute Gasteiger partial charge is 0.495 e. The number of carbonyl (C=O) groups is 1. The van der Waals surface area contributed by atoms with Crippen molar-refractivity contribution >= 4 is 5.97 Å². The van der Waals surface area contributed by atoms with E-state index in [1.165, 1.54) is 7.11 Å². The molecule has 0 aromatic heterocycles. The van der Waals surface area contributed by atoms with Crippen LogP contribution in [0.2, 0.25) is 0 Å². The molecular formula is C14H17NO3. The van der Waals surface area contributed by atoms with Gasteiger partial charge in [0, 0.05) is 5.56 Å². The molecule has 18 heavy (non-hydrogen) atoms. The average Bonchev–Trinajstić information content (AvgIpc) is 2.38. The second kappa shape index (κ2) is 6.65. The summed E-state index contributed by atoms with van der Waals surface area (Å²) >= 11 is 0. The van der Waals surface area contributed by atoms with Crippen LogP contribution in [0.4, 0.5) is 0 Å². The molecule has 96 valence electrons. The second-order valence-corrected chi connectivity index (χ2v) is 3.73. The number of rotatable bonds is 5. The molecule has 0 amide bonds. The lowest BCUT2D eigenvalue weighted by molar-refractivity contribution is -0.142. The number of benzene rings is 1. The van der Waals surface area contributed by atoms with E-state index in [1.807, 2.05) is 13.0 Å². The van der Waals surface area contributed by atoms with E-state index in [0.29, 0.717) is 17.9 Å². The summed E-state index contributed by atoms with van der Waals surface area (Å²) in [4.78, 5) is 11.6. The molecule has 4 heteroatoms. The number of aryl methyl sites for hydroxylation is 1. The summed E-state index contributed by atoms with van der Waals surface area (Å²) in [5.41, 5.74) is 2.19. The average molecular weight is 247 g/mol. The predicted octanol–water partition coefficient (Wildman–Crippen LogP) is 2.23. The highest BCUT2D eigenvalue weighted by atomic mass is 16.5. The smallest absolute Gasteiger partial charge is 0.310 e. The number of nitriles is 1. The molecular weight excluding hydrogens is 230 g/mol. The van der Waals surface area contributed by atoms with Gasteiger partial charge in [-0.2, -0.15) is 5.26 Å². The Labute approximate surface area is 107 Å². The van der Waals surface area contributed by atoms with E-state index in [4.69, 9.17) is 14.7 Å². The van der Waals surface area contributed by atoms with Crippen LogP contribution in [0.3, 0.4) is 0 Å². The highest BCUT2D eigenvalue weighted by molar-refractivity contribution is 5.75. The SMILES string of the molecule is CCOC(=O)Cc1c(CC)ccc(C#N)c1OC. The lowest BCUT2D eigenvalue weighted by Gasteiger charge is -2.13. The van der Waals surface area contributed by atoms with Crippen molar-refractivity contribution in [3.8, 4) is 11.8 Å². The van der Waals surface area contributed by atoms with E-state index >= 15 is 0 Å². The van der Waals surface area contributed by atoms with Gasteiger partial charge in [-0.15, -0.1) is 0 Å². The first-order valence-corrected chi connectivity index (χ1v) is 5.92. The molecule has 1 rings (SSSR count). The third-order valence-corrected chi connectivity index (χ3v) is 2.69. The summed E-state index contributed by atoms with van der Waals surface area (Å²) < 4.78 is 10.2. The predicted molar refractivity (Wildman–Crippen MR) is 67.4 cm³/mol. The fourth-order valence-corrected chi connectivity index (χ4v) is 1.87. The Morgan fingerprint density at radius 3 is 2.61 bits per heavy atom. The van der Waals surface area contributed by atoms with Crippen molar-refractivity contribution in [3.05, 3.63) is 28.8 Å². The maximum atomic E-state index is 11.6. The van der Waals surface area contributed by atoms with Crippen molar-refractivity contribution in [3.63, 3.8) is 0 Å². The van der Waals surface area contributed by atoms with Crippen molar-refractivity contribution in [2.24, 2.45) is 0 Å². The molecule has 0 atom stereocenters. The molecule has 0 saturated heterocycles. The van der Waals surface area contributed by atoms with Gasteiger partial charge in [0.1, 0.15) is 11.8 Å². The second-order valence-electron chi connectivity index (χ2n) is 3.73. The van der Waals surface area contributed by atoms with Crippen LogP contribution in [-0.4, -0.2) is 19.7 Å². The molecule has 1 aromatic rings. The molecule has 0 fully saturated rings. The number of methoxy groups -OCH3 is 1. The van der Waals surface area contributed by atoms with Gasteiger partial charge < -0.3 is 9.47 Å². The summed E-state index contributed by atoms with van der Waals surface area (Å²) in [5, 5.41) is 9.03. The van der Waals surface area contributed by atoms with Crippen molar-refractivity contribution in [2.75, 3.05) is 13.7 Å². The topological polar surface area (TPSA) is 59.3 Å². The Morgan fingerprint density at radius 1 is 1.39 bits per heavy atom. The number of hydrogen-bond donors (Lipinski definition) is 0. The standard InChI is InChI=1S/C14H17NO3/c1-4-10-6-7-11(9-15)14(17-3)12(10)8-13(16)18-5-2/h6-7H,4-5,8H2,1-3H3. The Bertz CT molecular complexity index is 475. The Hall–Kier alpha value is -2.02. The van der Waals surface area contributed by atoms with E-state index in [0.717, 1.165) is 17.5 Å². The zero-order valence-corrected chi connectivity index (χ0v) is 10.9. The summed E-state index contributed by atoms with van der Waals surface area (Å²) in [6.07, 6.45) is 0.909. The molecule has 0 aliphatic rings. The zero-order chi connectivity index (χ0) is 13.5. The number of carbonyl (C=O) groups excluding carboxylic acids is 1. The number of esters is 1. The van der Waals surface area contributed by atoms with Crippen molar-refractivity contribution < 1.29 is 14.3 Å². The number of nitrogens with zero attached hydrogens (tertiary/aromatic N) is 1. The zero-order valence-electron chi connectivity index (χ0n) is 10.9. The molecule has 0 saturated carbocycles. The molecule has 0 bridgehead atoms. The third-order valence-electron chi connectivity index (χ3n) is 2.69. The molecule has 0 aliphatic carbocycles. The third kappa shape index (κ3) is 3.01. The van der Waals surface area contributed by atoms with E-state index in [1.54, 1.807) is 13.0 Å². The molecule has 0 N–H and O–H groups in total. The van der Waals surface area contributed by atoms with Crippen molar-refractivity contribution in [1.29, 1.82) is 5.26 Å². The fourth-order valence-electron chi connectivity index (χ4n) is 1.87. The van der Waals surface area contributed by atoms with Crippen LogP contribution in [0.5, 0.6) is 5.75 Å². The molecule has 0 unspecified atom stereocenters. The molecule has 0 heterocycles. The van der Waals surface area contributed by atoms with Gasteiger partial charge in [0.25, 0.3) is 0 Å². The highest BCUT2D eigenvalue weighted by Crippen LogP contribution is 2.28. The van der Waals surface area contributed by atoms with Crippen LogP contribution in [0.15, 0.2) is 12.1 Å². The molecule has 0 aliphatic heterocycles. The summed E-state index contributed by atoms with van der Waals surface area (Å²) in [7, 11) is 1.50. The maximum Gasteiger partial charge on any atom is 0.310 e. The summed E-state index contributed by atoms with van der Waals surface area (Å²) in [5.74, 6) is 0.172. The minimum atomic E-state index is -0.305. The van der Waals surface area contributed by atoms with Gasteiger partial charge in [0.15, 0.2) is 0 Å². The number of ether oxygens (including phenoxy) is 2. The van der Waals surface area contributed by atoms with Gasteiger partial charge in [-0.3, -0.25) is 4.79 Å². The van der Waals surface area contributed by atoms with Crippen LogP contribution >= 0.6 is 0 Å². The number of hydrogen-bond acceptors (Lipinski definition) is 4. The first-order valence-electron chi connectivity index (χ1n) is 5.92. The van der Waals surface area contributed by atoms with Crippen molar-refractivity contribution in [2.45, 2.75) is 26.7 Å². The van der Waals surface area contributed by atoms with E-state index in [9.17, 15) is 4.79 Å². The Kier molecular flexibility index (Phi) is 5.19. The van der Waals surface area contributed by atoms with Crippen LogP contribution in [0.25, 0.3) is 0 Å². The first-order chi connectivity index (χ1) is 8.67. The minimum absolute atomic E-state index is 0.135. The lowest BCUT2D eigenvalue weighted by atomic mass is 9.98. The maximum absolute atomic E-state index is 11.6. The Morgan fingerprint density at radius 2 is 2.11 bits per heavy atom. The Balaban J connectivity index is 3.20. The molecule has 0 spiro atoms. The van der Waals surface area contributed by atoms with E-state index in [2.05, 4.69) is 6.07 Å². The van der Waals surface area contributed by atoms with E-state index < -0.39 is 0 Å². The van der Waals surface area contributed by atoms with Crippen LogP contribution in [0.1, 0.15) is 30.5 Å². The van der Waals surface area contributed by atoms with Gasteiger partial charge in [-0.1, -0.05) is 13.0 Å². The van der Waals surface area contributed by atoms with Crippen LogP contribution < -0.4 is 4.74 Å². The molecule has 1 aromatic carbocycles. The van der Waals surface area contributed by atoms with Crippen molar-refractivity contribution in [1.82, 2.24) is 0 Å². The van der Waals surface area contributed by atoms with Gasteiger partial charge in [-0.05, 0) is 25.0 Å². The lowest BCUT2D eigenvalue weighted by Crippen LogP contribution is -2.11. The van der Waals surface area contributed by atoms with Gasteiger partial charge in [0.2, 0.25) is 0 Å². The van der Waals surface area contributed by atoms with Crippen LogP contribution in [-0.2, 0) is 22.4 Å².